The number of quaternary nitrogens is 1. The summed E-state index contributed by atoms with van der Waals surface area (Å²) in [5.41, 5.74) is 1.20. The Morgan fingerprint density at radius 1 is 1.33 bits per heavy atom. The van der Waals surface area contributed by atoms with E-state index in [4.69, 9.17) is 0 Å². The maximum Gasteiger partial charge on any atom is 0.220 e. The molecular formula is C12H17IN5+. The topological polar surface area (TPSA) is 31.2 Å². The zero-order valence-corrected chi connectivity index (χ0v) is 12.8. The third kappa shape index (κ3) is 1.49. The highest BCUT2D eigenvalue weighted by Crippen LogP contribution is 2.46. The summed E-state index contributed by atoms with van der Waals surface area (Å²) in [6.45, 7) is 0. The van der Waals surface area contributed by atoms with Gasteiger partial charge < -0.3 is 0 Å². The average Bonchev–Trinajstić information content (AvgIpc) is 2.71. The summed E-state index contributed by atoms with van der Waals surface area (Å²) in [5, 5.41) is 0. The van der Waals surface area contributed by atoms with Crippen molar-refractivity contribution in [2.75, 3.05) is 14.1 Å². The van der Waals surface area contributed by atoms with Crippen LogP contribution in [0.1, 0.15) is 19.3 Å². The van der Waals surface area contributed by atoms with Crippen molar-refractivity contribution >= 4 is 35.4 Å². The summed E-state index contributed by atoms with van der Waals surface area (Å²) >= 11 is 2.43. The van der Waals surface area contributed by atoms with Crippen LogP contribution in [0.25, 0.3) is 0 Å². The molecule has 96 valence electrons. The molecule has 18 heavy (non-hydrogen) atoms. The Hall–Kier alpha value is -0.570. The lowest BCUT2D eigenvalue weighted by molar-refractivity contribution is -0.848. The van der Waals surface area contributed by atoms with E-state index in [9.17, 15) is 0 Å². The van der Waals surface area contributed by atoms with E-state index in [0.29, 0.717) is 4.59 Å². The van der Waals surface area contributed by atoms with Gasteiger partial charge in [-0.1, -0.05) is 3.22 Å². The van der Waals surface area contributed by atoms with E-state index in [2.05, 4.69) is 61.3 Å². The zero-order chi connectivity index (χ0) is 12.8. The van der Waals surface area contributed by atoms with Crippen LogP contribution in [-0.2, 0) is 0 Å². The third-order valence-corrected chi connectivity index (χ3v) is 5.68. The fraction of sp³-hybridized carbons (Fsp3) is 0.500. The van der Waals surface area contributed by atoms with Gasteiger partial charge in [0.2, 0.25) is 12.0 Å². The third-order valence-electron chi connectivity index (χ3n) is 4.07. The molecule has 2 heterocycles. The molecule has 1 atom stereocenters. The van der Waals surface area contributed by atoms with Crippen LogP contribution in [0, 0.1) is 0 Å². The van der Waals surface area contributed by atoms with Crippen molar-refractivity contribution in [3.05, 3.63) is 24.3 Å². The van der Waals surface area contributed by atoms with Gasteiger partial charge >= 0.3 is 0 Å². The highest BCUT2D eigenvalue weighted by Gasteiger charge is 2.55. The fourth-order valence-corrected chi connectivity index (χ4v) is 4.10. The van der Waals surface area contributed by atoms with E-state index in [0.717, 1.165) is 5.70 Å². The molecule has 0 aromatic rings. The van der Waals surface area contributed by atoms with Gasteiger partial charge in [-0.25, -0.2) is 4.99 Å². The summed E-state index contributed by atoms with van der Waals surface area (Å²) in [6, 6.07) is 0. The van der Waals surface area contributed by atoms with Gasteiger partial charge in [-0.3, -0.25) is 9.89 Å². The van der Waals surface area contributed by atoms with Gasteiger partial charge in [-0.15, -0.1) is 4.59 Å². The molecule has 0 bridgehead atoms. The van der Waals surface area contributed by atoms with Crippen LogP contribution in [0.15, 0.2) is 34.3 Å². The van der Waals surface area contributed by atoms with E-state index in [-0.39, 0.29) is 5.66 Å². The van der Waals surface area contributed by atoms with Gasteiger partial charge in [0.15, 0.2) is 0 Å². The number of halogens is 1. The summed E-state index contributed by atoms with van der Waals surface area (Å²) < 4.78 is 2.90. The van der Waals surface area contributed by atoms with Gasteiger partial charge in [0.25, 0.3) is 0 Å². The highest BCUT2D eigenvalue weighted by atomic mass is 127. The summed E-state index contributed by atoms with van der Waals surface area (Å²) in [5.74, 6) is 0. The number of rotatable bonds is 3. The second-order valence-electron chi connectivity index (χ2n) is 5.12. The van der Waals surface area contributed by atoms with Crippen molar-refractivity contribution in [3.8, 4) is 0 Å². The standard InChI is InChI=1S/C12H17IN5/c1-16(2)12(4-3-5-12)17(13)18-7-6-14-8-11(18)9-15-10-18/h6-10H,3-5H2,1-2H3/q+1. The predicted octanol–water partition coefficient (Wildman–Crippen LogP) is 2.25. The van der Waals surface area contributed by atoms with E-state index < -0.39 is 0 Å². The molecule has 1 aliphatic carbocycles. The molecule has 0 N–H and O–H groups in total. The Labute approximate surface area is 121 Å². The van der Waals surface area contributed by atoms with Crippen LogP contribution in [0.3, 0.4) is 0 Å². The molecule has 6 heteroatoms. The molecule has 1 unspecified atom stereocenters. The number of hydrogen-bond acceptors (Lipinski definition) is 4. The van der Waals surface area contributed by atoms with Crippen LogP contribution in [0.5, 0.6) is 0 Å². The van der Waals surface area contributed by atoms with Crippen molar-refractivity contribution in [1.82, 2.24) is 8.12 Å². The smallest absolute Gasteiger partial charge is 0.220 e. The molecule has 0 amide bonds. The molecule has 5 nitrogen and oxygen atoms in total. The van der Waals surface area contributed by atoms with Crippen molar-refractivity contribution < 1.29 is 4.59 Å². The van der Waals surface area contributed by atoms with Crippen molar-refractivity contribution in [2.24, 2.45) is 9.98 Å². The maximum atomic E-state index is 4.33. The quantitative estimate of drug-likeness (QED) is 0.335. The Morgan fingerprint density at radius 2 is 2.11 bits per heavy atom. The van der Waals surface area contributed by atoms with Crippen LogP contribution < -0.4 is 0 Å². The minimum absolute atomic E-state index is 0.103. The molecule has 0 saturated heterocycles. The first-order valence-electron chi connectivity index (χ1n) is 6.10. The van der Waals surface area contributed by atoms with Gasteiger partial charge in [-0.2, -0.15) is 0 Å². The zero-order valence-electron chi connectivity index (χ0n) is 10.6. The molecule has 0 spiro atoms. The monoisotopic (exact) mass is 358 g/mol. The Bertz CT molecular complexity index is 475. The van der Waals surface area contributed by atoms with Gasteiger partial charge in [-0.05, 0) is 33.4 Å². The molecular weight excluding hydrogens is 341 g/mol. The lowest BCUT2D eigenvalue weighted by Gasteiger charge is -2.54. The minimum atomic E-state index is 0.103. The van der Waals surface area contributed by atoms with E-state index >= 15 is 0 Å². The number of nitrogens with zero attached hydrogens (tertiary/aromatic N) is 5. The van der Waals surface area contributed by atoms with Gasteiger partial charge in [0.1, 0.15) is 11.9 Å². The van der Waals surface area contributed by atoms with Crippen LogP contribution in [0.4, 0.5) is 0 Å². The van der Waals surface area contributed by atoms with Crippen LogP contribution in [-0.4, -0.2) is 45.0 Å². The lowest BCUT2D eigenvalue weighted by atomic mass is 9.84. The first kappa shape index (κ1) is 12.5. The van der Waals surface area contributed by atoms with E-state index in [1.807, 2.05) is 25.0 Å². The number of aliphatic imine (C=N–C) groups is 2. The largest absolute Gasteiger partial charge is 0.286 e. The van der Waals surface area contributed by atoms with E-state index in [1.165, 1.54) is 19.3 Å². The van der Waals surface area contributed by atoms with Gasteiger partial charge in [0, 0.05) is 0 Å². The van der Waals surface area contributed by atoms with Crippen LogP contribution >= 0.6 is 22.9 Å². The summed E-state index contributed by atoms with van der Waals surface area (Å²) in [4.78, 5) is 10.9. The van der Waals surface area contributed by atoms with Crippen molar-refractivity contribution in [3.63, 3.8) is 0 Å². The number of allylic oxidation sites excluding steroid dienone is 1. The molecule has 1 saturated carbocycles. The molecule has 3 rings (SSSR count). The number of fused-ring (bicyclic) bond motifs is 1. The first-order chi connectivity index (χ1) is 8.62. The maximum absolute atomic E-state index is 4.33. The highest BCUT2D eigenvalue weighted by molar-refractivity contribution is 14.1. The molecule has 0 radical (unpaired) electrons. The van der Waals surface area contributed by atoms with Gasteiger partial charge in [0.05, 0.1) is 41.5 Å². The lowest BCUT2D eigenvalue weighted by Crippen LogP contribution is -2.68. The fourth-order valence-electron chi connectivity index (χ4n) is 2.68. The van der Waals surface area contributed by atoms with Crippen LogP contribution in [0.2, 0.25) is 0 Å². The Morgan fingerprint density at radius 3 is 2.72 bits per heavy atom. The predicted molar refractivity (Wildman–Crippen MR) is 80.6 cm³/mol. The number of hydrogen-bond donors (Lipinski definition) is 0. The SMILES string of the molecule is CN(C)C1(N(I)[N+]23C=CN=CC2=CN=C3)CCC1. The normalized spacial score (nSPS) is 31.7. The summed E-state index contributed by atoms with van der Waals surface area (Å²) in [6.07, 6.45) is 13.3. The second-order valence-corrected chi connectivity index (χ2v) is 6.04. The van der Waals surface area contributed by atoms with E-state index in [1.54, 1.807) is 0 Å². The first-order valence-corrected chi connectivity index (χ1v) is 7.07. The minimum Gasteiger partial charge on any atom is -0.286 e. The Kier molecular flexibility index (Phi) is 2.92. The van der Waals surface area contributed by atoms with Crippen molar-refractivity contribution in [1.29, 1.82) is 0 Å². The molecule has 0 aromatic carbocycles. The second kappa shape index (κ2) is 4.22. The van der Waals surface area contributed by atoms with Crippen molar-refractivity contribution in [2.45, 2.75) is 24.9 Å². The average molecular weight is 358 g/mol. The Balaban J connectivity index is 1.99. The summed E-state index contributed by atoms with van der Waals surface area (Å²) in [7, 11) is 4.31. The molecule has 2 aliphatic heterocycles. The molecule has 3 aliphatic rings. The molecule has 1 fully saturated rings. The molecule has 0 aromatic heterocycles.